The second kappa shape index (κ2) is 29.8. The molecular weight excluding hydrogens is 598 g/mol. The van der Waals surface area contributed by atoms with E-state index in [0.29, 0.717) is 12.8 Å². The number of unbranched alkanes of at least 4 members (excludes halogenated alkanes) is 19. The van der Waals surface area contributed by atoms with Crippen LogP contribution in [0.1, 0.15) is 168 Å². The first kappa shape index (κ1) is 44.0. The van der Waals surface area contributed by atoms with Crippen LogP contribution in [-0.2, 0) is 14.3 Å². The lowest BCUT2D eigenvalue weighted by atomic mass is 9.99. The topological polar surface area (TPSA) is 149 Å². The number of rotatable bonds is 31. The number of aliphatic hydroxyl groups excluding tert-OH is 5. The summed E-state index contributed by atoms with van der Waals surface area (Å²) in [6.45, 7) is 3.77. The molecule has 7 atom stereocenters. The largest absolute Gasteiger partial charge is 0.394 e. The number of allylic oxidation sites excluding steroid dienone is 2. The van der Waals surface area contributed by atoms with Gasteiger partial charge in [0.2, 0.25) is 5.91 Å². The smallest absolute Gasteiger partial charge is 0.220 e. The summed E-state index contributed by atoms with van der Waals surface area (Å²) in [4.78, 5) is 12.9. The van der Waals surface area contributed by atoms with Gasteiger partial charge in [0.15, 0.2) is 6.29 Å². The molecule has 0 aliphatic carbocycles. The molecule has 278 valence electrons. The second-order valence-electron chi connectivity index (χ2n) is 13.7. The van der Waals surface area contributed by atoms with E-state index in [0.717, 1.165) is 44.9 Å². The van der Waals surface area contributed by atoms with Crippen LogP contribution in [0, 0.1) is 0 Å². The molecule has 0 bridgehead atoms. The molecule has 1 aliphatic rings. The van der Waals surface area contributed by atoms with Crippen molar-refractivity contribution in [2.24, 2.45) is 0 Å². The van der Waals surface area contributed by atoms with Crippen LogP contribution in [0.4, 0.5) is 0 Å². The lowest BCUT2D eigenvalue weighted by Crippen LogP contribution is -2.60. The molecular formula is C38H73NO8. The van der Waals surface area contributed by atoms with E-state index in [1.807, 2.05) is 0 Å². The molecule has 0 aromatic rings. The number of aliphatic hydroxyl groups is 5. The van der Waals surface area contributed by atoms with Crippen molar-refractivity contribution in [1.82, 2.24) is 5.32 Å². The van der Waals surface area contributed by atoms with E-state index >= 15 is 0 Å². The van der Waals surface area contributed by atoms with Crippen LogP contribution in [0.15, 0.2) is 12.2 Å². The van der Waals surface area contributed by atoms with Crippen molar-refractivity contribution in [3.63, 3.8) is 0 Å². The summed E-state index contributed by atoms with van der Waals surface area (Å²) in [5.41, 5.74) is 0. The number of carbonyl (C=O) groups excluding carboxylic acids is 1. The summed E-state index contributed by atoms with van der Waals surface area (Å²) in [5, 5.41) is 54.0. The summed E-state index contributed by atoms with van der Waals surface area (Å²) < 4.78 is 11.2. The van der Waals surface area contributed by atoms with Gasteiger partial charge in [-0.3, -0.25) is 4.79 Å². The molecule has 2 unspecified atom stereocenters. The maximum atomic E-state index is 12.9. The Kier molecular flexibility index (Phi) is 27.9. The van der Waals surface area contributed by atoms with Crippen LogP contribution in [0.3, 0.4) is 0 Å². The number of hydrogen-bond acceptors (Lipinski definition) is 8. The number of nitrogens with one attached hydrogen (secondary N) is 1. The van der Waals surface area contributed by atoms with Gasteiger partial charge in [-0.2, -0.15) is 0 Å². The SMILES string of the molecule is CCCCCCC/C=C/CCCC[C@@H](O)[C@H](CO[C@H]1O[C@@H](CO)[C@H](O)C(O)C1O)NC(=O)CCCCCCCCCCCCCCC. The molecule has 6 N–H and O–H groups in total. The third-order valence-electron chi connectivity index (χ3n) is 9.37. The van der Waals surface area contributed by atoms with Gasteiger partial charge in [0.25, 0.3) is 0 Å². The van der Waals surface area contributed by atoms with Crippen LogP contribution in [0.5, 0.6) is 0 Å². The molecule has 1 fully saturated rings. The zero-order valence-electron chi connectivity index (χ0n) is 30.0. The van der Waals surface area contributed by atoms with Crippen LogP contribution >= 0.6 is 0 Å². The lowest BCUT2D eigenvalue weighted by molar-refractivity contribution is -0.302. The fraction of sp³-hybridized carbons (Fsp3) is 0.921. The number of hydrogen-bond donors (Lipinski definition) is 6. The van der Waals surface area contributed by atoms with E-state index in [4.69, 9.17) is 9.47 Å². The van der Waals surface area contributed by atoms with Gasteiger partial charge in [-0.1, -0.05) is 135 Å². The van der Waals surface area contributed by atoms with E-state index in [9.17, 15) is 30.3 Å². The van der Waals surface area contributed by atoms with Crippen LogP contribution in [0.2, 0.25) is 0 Å². The highest BCUT2D eigenvalue weighted by atomic mass is 16.7. The molecule has 0 aromatic carbocycles. The van der Waals surface area contributed by atoms with Crippen molar-refractivity contribution in [2.75, 3.05) is 13.2 Å². The molecule has 0 saturated carbocycles. The zero-order valence-corrected chi connectivity index (χ0v) is 30.0. The zero-order chi connectivity index (χ0) is 34.5. The van der Waals surface area contributed by atoms with Gasteiger partial charge in [0.1, 0.15) is 24.4 Å². The maximum Gasteiger partial charge on any atom is 0.220 e. The molecule has 47 heavy (non-hydrogen) atoms. The number of ether oxygens (including phenoxy) is 2. The van der Waals surface area contributed by atoms with Crippen molar-refractivity contribution >= 4 is 5.91 Å². The molecule has 0 radical (unpaired) electrons. The molecule has 0 aromatic heterocycles. The summed E-state index contributed by atoms with van der Waals surface area (Å²) >= 11 is 0. The van der Waals surface area contributed by atoms with Gasteiger partial charge in [-0.05, 0) is 38.5 Å². The van der Waals surface area contributed by atoms with Crippen molar-refractivity contribution in [3.05, 3.63) is 12.2 Å². The third-order valence-corrected chi connectivity index (χ3v) is 9.37. The molecule has 1 heterocycles. The Morgan fingerprint density at radius 1 is 0.702 bits per heavy atom. The average Bonchev–Trinajstić information content (AvgIpc) is 3.07. The Morgan fingerprint density at radius 3 is 1.72 bits per heavy atom. The van der Waals surface area contributed by atoms with Crippen molar-refractivity contribution in [1.29, 1.82) is 0 Å². The summed E-state index contributed by atoms with van der Waals surface area (Å²) in [6.07, 6.45) is 23.6. The summed E-state index contributed by atoms with van der Waals surface area (Å²) in [7, 11) is 0. The Labute approximate surface area is 286 Å². The fourth-order valence-electron chi connectivity index (χ4n) is 6.15. The van der Waals surface area contributed by atoms with Gasteiger partial charge >= 0.3 is 0 Å². The van der Waals surface area contributed by atoms with Crippen molar-refractivity contribution in [3.8, 4) is 0 Å². The molecule has 1 saturated heterocycles. The standard InChI is InChI=1S/C38H73NO8/c1-3-5-7-9-11-13-15-16-18-20-22-24-26-28-34(42)39-31(30-46-38-37(45)36(44)35(43)33(29-40)47-38)32(41)27-25-23-21-19-17-14-12-10-8-6-4-2/h17,19,31-33,35-38,40-41,43-45H,3-16,18,20-30H2,1-2H3,(H,39,42)/b19-17+/t31-,32+,33-,35-,36?,37?,38-/m0/s1. The molecule has 1 aliphatic heterocycles. The Morgan fingerprint density at radius 2 is 1.19 bits per heavy atom. The van der Waals surface area contributed by atoms with Gasteiger partial charge in [0, 0.05) is 6.42 Å². The predicted octanol–water partition coefficient (Wildman–Crippen LogP) is 6.61. The number of carbonyl (C=O) groups is 1. The van der Waals surface area contributed by atoms with Crippen LogP contribution in [0.25, 0.3) is 0 Å². The molecule has 1 rings (SSSR count). The minimum atomic E-state index is -1.55. The molecule has 9 nitrogen and oxygen atoms in total. The van der Waals surface area contributed by atoms with Gasteiger partial charge in [0.05, 0.1) is 25.4 Å². The third kappa shape index (κ3) is 21.6. The first-order valence-electron chi connectivity index (χ1n) is 19.4. The average molecular weight is 672 g/mol. The first-order valence-corrected chi connectivity index (χ1v) is 19.4. The molecule has 1 amide bonds. The Hall–Kier alpha value is -1.07. The highest BCUT2D eigenvalue weighted by Gasteiger charge is 2.44. The van der Waals surface area contributed by atoms with E-state index < -0.39 is 49.5 Å². The summed E-state index contributed by atoms with van der Waals surface area (Å²) in [5.74, 6) is -0.156. The molecule has 0 spiro atoms. The highest BCUT2D eigenvalue weighted by Crippen LogP contribution is 2.23. The number of amides is 1. The van der Waals surface area contributed by atoms with Crippen molar-refractivity contribution < 1.29 is 39.8 Å². The van der Waals surface area contributed by atoms with Crippen LogP contribution in [-0.4, -0.2) is 87.5 Å². The first-order chi connectivity index (χ1) is 22.8. The predicted molar refractivity (Wildman–Crippen MR) is 189 cm³/mol. The quantitative estimate of drug-likeness (QED) is 0.0357. The summed E-state index contributed by atoms with van der Waals surface area (Å²) in [6, 6.07) is -0.726. The van der Waals surface area contributed by atoms with E-state index in [-0.39, 0.29) is 12.5 Å². The maximum absolute atomic E-state index is 12.9. The Balaban J connectivity index is 2.43. The minimum Gasteiger partial charge on any atom is -0.394 e. The van der Waals surface area contributed by atoms with Gasteiger partial charge in [-0.25, -0.2) is 0 Å². The van der Waals surface area contributed by atoms with E-state index in [1.54, 1.807) is 0 Å². The monoisotopic (exact) mass is 672 g/mol. The van der Waals surface area contributed by atoms with Gasteiger partial charge in [-0.15, -0.1) is 0 Å². The van der Waals surface area contributed by atoms with E-state index in [2.05, 4.69) is 31.3 Å². The van der Waals surface area contributed by atoms with E-state index in [1.165, 1.54) is 96.3 Å². The molecule has 9 heteroatoms. The van der Waals surface area contributed by atoms with Crippen LogP contribution < -0.4 is 5.32 Å². The minimum absolute atomic E-state index is 0.147. The lowest BCUT2D eigenvalue weighted by Gasteiger charge is -2.40. The fourth-order valence-corrected chi connectivity index (χ4v) is 6.15. The normalized spacial score (nSPS) is 22.9. The van der Waals surface area contributed by atoms with Gasteiger partial charge < -0.3 is 40.3 Å². The van der Waals surface area contributed by atoms with Crippen molar-refractivity contribution in [2.45, 2.75) is 211 Å². The second-order valence-corrected chi connectivity index (χ2v) is 13.7. The Bertz CT molecular complexity index is 751. The highest BCUT2D eigenvalue weighted by molar-refractivity contribution is 5.76.